The van der Waals surface area contributed by atoms with Crippen LogP contribution in [0.5, 0.6) is 5.75 Å². The molecule has 0 aliphatic heterocycles. The highest BCUT2D eigenvalue weighted by atomic mass is 35.5. The Labute approximate surface area is 153 Å². The van der Waals surface area contributed by atoms with E-state index in [2.05, 4.69) is 25.8 Å². The Morgan fingerprint density at radius 2 is 1.88 bits per heavy atom. The fourth-order valence-corrected chi connectivity index (χ4v) is 2.34. The summed E-state index contributed by atoms with van der Waals surface area (Å²) in [5, 5.41) is 14.1. The smallest absolute Gasteiger partial charge is 0.249 e. The number of aromatic nitrogens is 3. The summed E-state index contributed by atoms with van der Waals surface area (Å²) in [6.07, 6.45) is 1.42. The lowest BCUT2D eigenvalue weighted by molar-refractivity contribution is 0.416. The number of hydrogen-bond acceptors (Lipinski definition) is 6. The van der Waals surface area contributed by atoms with Gasteiger partial charge in [-0.05, 0) is 30.7 Å². The second-order valence-electron chi connectivity index (χ2n) is 5.35. The first-order valence-corrected chi connectivity index (χ1v) is 7.87. The lowest BCUT2D eigenvalue weighted by atomic mass is 10.2. The Balaban J connectivity index is 1.83. The van der Waals surface area contributed by atoms with Crippen LogP contribution >= 0.6 is 11.6 Å². The van der Waals surface area contributed by atoms with Crippen LogP contribution in [-0.4, -0.2) is 22.3 Å². The second-order valence-corrected chi connectivity index (χ2v) is 5.75. The molecule has 134 valence electrons. The summed E-state index contributed by atoms with van der Waals surface area (Å²) < 4.78 is 31.6. The van der Waals surface area contributed by atoms with Gasteiger partial charge in [0.25, 0.3) is 0 Å². The van der Waals surface area contributed by atoms with Crippen LogP contribution in [0.3, 0.4) is 0 Å². The standard InChI is InChI=1S/C17H14ClF2N5O/c1-9-5-14(15(26-2)7-11(9)18)23-16-8-21-25-17(24-16)22-10-3-4-12(19)13(20)6-10/h3-8H,1-2H3,(H2,22,23,24,25). The van der Waals surface area contributed by atoms with Crippen molar-refractivity contribution in [2.75, 3.05) is 17.7 Å². The first-order chi connectivity index (χ1) is 12.5. The Bertz CT molecular complexity index is 954. The van der Waals surface area contributed by atoms with Gasteiger partial charge in [-0.15, -0.1) is 5.10 Å². The minimum absolute atomic E-state index is 0.116. The summed E-state index contributed by atoms with van der Waals surface area (Å²) in [6, 6.07) is 6.88. The van der Waals surface area contributed by atoms with Gasteiger partial charge in [0.15, 0.2) is 17.5 Å². The topological polar surface area (TPSA) is 72.0 Å². The normalized spacial score (nSPS) is 10.5. The summed E-state index contributed by atoms with van der Waals surface area (Å²) in [5.41, 5.74) is 1.80. The van der Waals surface area contributed by atoms with Gasteiger partial charge in [0.05, 0.1) is 19.0 Å². The third-order valence-electron chi connectivity index (χ3n) is 3.48. The van der Waals surface area contributed by atoms with Crippen molar-refractivity contribution in [1.82, 2.24) is 15.2 Å². The van der Waals surface area contributed by atoms with E-state index < -0.39 is 11.6 Å². The van der Waals surface area contributed by atoms with E-state index in [4.69, 9.17) is 16.3 Å². The number of ether oxygens (including phenoxy) is 1. The van der Waals surface area contributed by atoms with Gasteiger partial charge in [-0.2, -0.15) is 10.1 Å². The van der Waals surface area contributed by atoms with Crippen LogP contribution in [0, 0.1) is 18.6 Å². The summed E-state index contributed by atoms with van der Waals surface area (Å²) in [5.74, 6) is -0.876. The molecule has 0 aliphatic rings. The molecule has 3 aromatic rings. The molecule has 0 aliphatic carbocycles. The molecule has 0 spiro atoms. The molecule has 0 atom stereocenters. The van der Waals surface area contributed by atoms with E-state index in [1.54, 1.807) is 6.07 Å². The van der Waals surface area contributed by atoms with Crippen LogP contribution < -0.4 is 15.4 Å². The van der Waals surface area contributed by atoms with Gasteiger partial charge in [0, 0.05) is 22.8 Å². The minimum Gasteiger partial charge on any atom is -0.495 e. The maximum absolute atomic E-state index is 13.3. The van der Waals surface area contributed by atoms with Crippen LogP contribution in [-0.2, 0) is 0 Å². The Kier molecular flexibility index (Phi) is 5.13. The number of rotatable bonds is 5. The van der Waals surface area contributed by atoms with E-state index in [1.165, 1.54) is 19.4 Å². The number of methoxy groups -OCH3 is 1. The fraction of sp³-hybridized carbons (Fsp3) is 0.118. The number of nitrogens with one attached hydrogen (secondary N) is 2. The largest absolute Gasteiger partial charge is 0.495 e. The second kappa shape index (κ2) is 7.49. The highest BCUT2D eigenvalue weighted by Crippen LogP contribution is 2.32. The number of anilines is 4. The van der Waals surface area contributed by atoms with E-state index in [9.17, 15) is 8.78 Å². The number of halogens is 3. The molecule has 9 heteroatoms. The van der Waals surface area contributed by atoms with Gasteiger partial charge in [-0.25, -0.2) is 8.78 Å². The maximum Gasteiger partial charge on any atom is 0.249 e. The van der Waals surface area contributed by atoms with Crippen molar-refractivity contribution in [2.24, 2.45) is 0 Å². The van der Waals surface area contributed by atoms with Crippen molar-refractivity contribution in [3.05, 3.63) is 58.7 Å². The SMILES string of the molecule is COc1cc(Cl)c(C)cc1Nc1cnnc(Nc2ccc(F)c(F)c2)n1. The highest BCUT2D eigenvalue weighted by Gasteiger charge is 2.10. The van der Waals surface area contributed by atoms with E-state index in [1.807, 2.05) is 13.0 Å². The van der Waals surface area contributed by atoms with Crippen molar-refractivity contribution in [3.8, 4) is 5.75 Å². The van der Waals surface area contributed by atoms with Gasteiger partial charge in [0.1, 0.15) is 5.75 Å². The average molecular weight is 378 g/mol. The van der Waals surface area contributed by atoms with Crippen LogP contribution in [0.15, 0.2) is 36.5 Å². The van der Waals surface area contributed by atoms with Crippen LogP contribution in [0.4, 0.5) is 31.9 Å². The average Bonchev–Trinajstić information content (AvgIpc) is 2.61. The lowest BCUT2D eigenvalue weighted by Crippen LogP contribution is -2.03. The Hall–Kier alpha value is -3.00. The molecule has 0 bridgehead atoms. The van der Waals surface area contributed by atoms with E-state index in [0.717, 1.165) is 17.7 Å². The highest BCUT2D eigenvalue weighted by molar-refractivity contribution is 6.31. The van der Waals surface area contributed by atoms with Crippen molar-refractivity contribution in [2.45, 2.75) is 6.92 Å². The molecule has 1 heterocycles. The zero-order valence-corrected chi connectivity index (χ0v) is 14.6. The molecule has 6 nitrogen and oxygen atoms in total. The summed E-state index contributed by atoms with van der Waals surface area (Å²) >= 11 is 6.09. The molecule has 0 saturated heterocycles. The molecular weight excluding hydrogens is 364 g/mol. The van der Waals surface area contributed by atoms with Gasteiger partial charge in [-0.1, -0.05) is 11.6 Å². The van der Waals surface area contributed by atoms with Crippen LogP contribution in [0.2, 0.25) is 5.02 Å². The number of aryl methyl sites for hydroxylation is 1. The predicted molar refractivity (Wildman–Crippen MR) is 95.5 cm³/mol. The molecule has 2 aromatic carbocycles. The first-order valence-electron chi connectivity index (χ1n) is 7.49. The number of benzene rings is 2. The van der Waals surface area contributed by atoms with E-state index in [-0.39, 0.29) is 5.95 Å². The van der Waals surface area contributed by atoms with Crippen LogP contribution in [0.1, 0.15) is 5.56 Å². The molecular formula is C17H14ClF2N5O. The molecule has 0 saturated carbocycles. The number of hydrogen-bond donors (Lipinski definition) is 2. The van der Waals surface area contributed by atoms with Crippen molar-refractivity contribution in [3.63, 3.8) is 0 Å². The summed E-state index contributed by atoms with van der Waals surface area (Å²) in [6.45, 7) is 1.86. The minimum atomic E-state index is -0.974. The summed E-state index contributed by atoms with van der Waals surface area (Å²) in [7, 11) is 1.53. The summed E-state index contributed by atoms with van der Waals surface area (Å²) in [4.78, 5) is 4.24. The molecule has 1 aromatic heterocycles. The quantitative estimate of drug-likeness (QED) is 0.676. The zero-order valence-electron chi connectivity index (χ0n) is 13.8. The third kappa shape index (κ3) is 3.97. The van der Waals surface area contributed by atoms with Crippen molar-refractivity contribution in [1.29, 1.82) is 0 Å². The van der Waals surface area contributed by atoms with Gasteiger partial charge >= 0.3 is 0 Å². The molecule has 0 radical (unpaired) electrons. The predicted octanol–water partition coefficient (Wildman–Crippen LogP) is 4.61. The van der Waals surface area contributed by atoms with Crippen LogP contribution in [0.25, 0.3) is 0 Å². The van der Waals surface area contributed by atoms with E-state index >= 15 is 0 Å². The lowest BCUT2D eigenvalue weighted by Gasteiger charge is -2.13. The van der Waals surface area contributed by atoms with Gasteiger partial charge < -0.3 is 15.4 Å². The van der Waals surface area contributed by atoms with E-state index in [0.29, 0.717) is 28.0 Å². The van der Waals surface area contributed by atoms with Gasteiger partial charge in [0.2, 0.25) is 5.95 Å². The first kappa shape index (κ1) is 17.8. The molecule has 0 fully saturated rings. The molecule has 26 heavy (non-hydrogen) atoms. The van der Waals surface area contributed by atoms with Crippen molar-refractivity contribution >= 4 is 34.7 Å². The van der Waals surface area contributed by atoms with Crippen molar-refractivity contribution < 1.29 is 13.5 Å². The monoisotopic (exact) mass is 377 g/mol. The Morgan fingerprint density at radius 3 is 2.62 bits per heavy atom. The number of nitrogens with zero attached hydrogens (tertiary/aromatic N) is 3. The molecule has 3 rings (SSSR count). The zero-order chi connectivity index (χ0) is 18.7. The maximum atomic E-state index is 13.3. The molecule has 0 amide bonds. The van der Waals surface area contributed by atoms with Gasteiger partial charge in [-0.3, -0.25) is 0 Å². The fourth-order valence-electron chi connectivity index (χ4n) is 2.19. The molecule has 0 unspecified atom stereocenters. The Morgan fingerprint density at radius 1 is 1.08 bits per heavy atom. The molecule has 2 N–H and O–H groups in total. The third-order valence-corrected chi connectivity index (χ3v) is 3.89.